The highest BCUT2D eigenvalue weighted by molar-refractivity contribution is 7.86. The SMILES string of the molecule is Cc1c([N+](=O)[O-])cc(C(=O)O)cc1S(=O)(=O)F. The lowest BCUT2D eigenvalue weighted by Gasteiger charge is -2.04. The first-order valence-corrected chi connectivity index (χ1v) is 5.50. The lowest BCUT2D eigenvalue weighted by Crippen LogP contribution is -2.05. The van der Waals surface area contributed by atoms with Gasteiger partial charge >= 0.3 is 16.2 Å². The molecule has 0 aliphatic carbocycles. The molecule has 0 amide bonds. The zero-order valence-corrected chi connectivity index (χ0v) is 9.19. The Morgan fingerprint density at radius 3 is 2.35 bits per heavy atom. The van der Waals surface area contributed by atoms with Crippen LogP contribution >= 0.6 is 0 Å². The lowest BCUT2D eigenvalue weighted by molar-refractivity contribution is -0.385. The van der Waals surface area contributed by atoms with Gasteiger partial charge in [0, 0.05) is 11.6 Å². The largest absolute Gasteiger partial charge is 0.478 e. The van der Waals surface area contributed by atoms with E-state index in [0.29, 0.717) is 12.1 Å². The number of aromatic carboxylic acids is 1. The van der Waals surface area contributed by atoms with Crippen LogP contribution in [0.25, 0.3) is 0 Å². The van der Waals surface area contributed by atoms with Crippen molar-refractivity contribution in [3.63, 3.8) is 0 Å². The van der Waals surface area contributed by atoms with Crippen molar-refractivity contribution in [2.24, 2.45) is 0 Å². The summed E-state index contributed by atoms with van der Waals surface area (Å²) < 4.78 is 34.3. The average molecular weight is 263 g/mol. The third-order valence-electron chi connectivity index (χ3n) is 2.04. The summed E-state index contributed by atoms with van der Waals surface area (Å²) in [6, 6.07) is 1.21. The third kappa shape index (κ3) is 2.56. The van der Waals surface area contributed by atoms with Crippen molar-refractivity contribution in [1.29, 1.82) is 0 Å². The van der Waals surface area contributed by atoms with Gasteiger partial charge in [0.2, 0.25) is 0 Å². The molecule has 1 rings (SSSR count). The fraction of sp³-hybridized carbons (Fsp3) is 0.125. The van der Waals surface area contributed by atoms with Crippen molar-refractivity contribution < 1.29 is 27.1 Å². The van der Waals surface area contributed by atoms with E-state index < -0.39 is 42.8 Å². The number of hydrogen-bond acceptors (Lipinski definition) is 5. The molecule has 17 heavy (non-hydrogen) atoms. The van der Waals surface area contributed by atoms with E-state index in [2.05, 4.69) is 0 Å². The highest BCUT2D eigenvalue weighted by Gasteiger charge is 2.25. The molecule has 9 heteroatoms. The smallest absolute Gasteiger partial charge is 0.335 e. The first-order valence-electron chi connectivity index (χ1n) is 4.11. The van der Waals surface area contributed by atoms with Crippen molar-refractivity contribution >= 4 is 21.9 Å². The van der Waals surface area contributed by atoms with Crippen LogP contribution < -0.4 is 0 Å². The minimum Gasteiger partial charge on any atom is -0.478 e. The fourth-order valence-corrected chi connectivity index (χ4v) is 1.98. The van der Waals surface area contributed by atoms with Crippen LogP contribution in [0.3, 0.4) is 0 Å². The molecule has 0 heterocycles. The Kier molecular flexibility index (Phi) is 3.14. The van der Waals surface area contributed by atoms with Gasteiger partial charge in [-0.25, -0.2) is 4.79 Å². The van der Waals surface area contributed by atoms with E-state index in [1.54, 1.807) is 0 Å². The molecule has 0 spiro atoms. The molecular formula is C8H6FNO6S. The minimum atomic E-state index is -5.21. The summed E-state index contributed by atoms with van der Waals surface area (Å²) in [4.78, 5) is 19.2. The van der Waals surface area contributed by atoms with Gasteiger partial charge in [-0.2, -0.15) is 8.42 Å². The molecule has 7 nitrogen and oxygen atoms in total. The van der Waals surface area contributed by atoms with Crippen LogP contribution in [0.2, 0.25) is 0 Å². The number of hydrogen-bond donors (Lipinski definition) is 1. The molecule has 0 atom stereocenters. The number of rotatable bonds is 3. The van der Waals surface area contributed by atoms with Gasteiger partial charge in [-0.1, -0.05) is 0 Å². The van der Waals surface area contributed by atoms with Gasteiger partial charge in [0.15, 0.2) is 0 Å². The molecule has 0 unspecified atom stereocenters. The van der Waals surface area contributed by atoms with E-state index >= 15 is 0 Å². The first-order chi connectivity index (χ1) is 7.64. The molecule has 0 aliphatic rings. The summed E-state index contributed by atoms with van der Waals surface area (Å²) in [6.45, 7) is 1.02. The quantitative estimate of drug-likeness (QED) is 0.498. The van der Waals surface area contributed by atoms with Crippen LogP contribution in [0.5, 0.6) is 0 Å². The maximum Gasteiger partial charge on any atom is 0.335 e. The second-order valence-corrected chi connectivity index (χ2v) is 4.43. The second kappa shape index (κ2) is 4.09. The van der Waals surface area contributed by atoms with Crippen molar-refractivity contribution in [3.05, 3.63) is 33.4 Å². The van der Waals surface area contributed by atoms with Crippen molar-refractivity contribution in [3.8, 4) is 0 Å². The molecule has 0 radical (unpaired) electrons. The Labute approximate surface area is 94.9 Å². The van der Waals surface area contributed by atoms with Gasteiger partial charge in [0.25, 0.3) is 5.69 Å². The zero-order chi connectivity index (χ0) is 13.4. The van der Waals surface area contributed by atoms with E-state index in [0.717, 1.165) is 6.92 Å². The standard InChI is InChI=1S/C8H6FNO6S/c1-4-6(10(13)14)2-5(8(11)12)3-7(4)17(9,15)16/h2-3H,1H3,(H,11,12). The Hall–Kier alpha value is -2.03. The van der Waals surface area contributed by atoms with Crippen LogP contribution in [-0.2, 0) is 10.2 Å². The summed E-state index contributed by atoms with van der Waals surface area (Å²) in [5.74, 6) is -1.59. The summed E-state index contributed by atoms with van der Waals surface area (Å²) in [6.07, 6.45) is 0. The number of nitro benzene ring substituents is 1. The van der Waals surface area contributed by atoms with E-state index in [-0.39, 0.29) is 0 Å². The molecule has 0 bridgehead atoms. The topological polar surface area (TPSA) is 115 Å². The predicted octanol–water partition coefficient (Wildman–Crippen LogP) is 1.26. The number of nitrogens with zero attached hydrogens (tertiary/aromatic N) is 1. The first kappa shape index (κ1) is 13.0. The summed E-state index contributed by atoms with van der Waals surface area (Å²) in [5, 5.41) is 19.2. The molecule has 0 fully saturated rings. The molecule has 0 aromatic heterocycles. The molecule has 1 aromatic carbocycles. The fourth-order valence-electron chi connectivity index (χ4n) is 1.24. The van der Waals surface area contributed by atoms with Gasteiger partial charge in [-0.15, -0.1) is 3.89 Å². The van der Waals surface area contributed by atoms with E-state index in [4.69, 9.17) is 5.11 Å². The van der Waals surface area contributed by atoms with Gasteiger partial charge in [0.1, 0.15) is 4.90 Å². The lowest BCUT2D eigenvalue weighted by atomic mass is 10.1. The van der Waals surface area contributed by atoms with Crippen molar-refractivity contribution in [2.45, 2.75) is 11.8 Å². The van der Waals surface area contributed by atoms with Crippen LogP contribution in [0.1, 0.15) is 15.9 Å². The van der Waals surface area contributed by atoms with Crippen molar-refractivity contribution in [1.82, 2.24) is 0 Å². The summed E-state index contributed by atoms with van der Waals surface area (Å²) >= 11 is 0. The Balaban J connectivity index is 3.73. The highest BCUT2D eigenvalue weighted by Crippen LogP contribution is 2.28. The van der Waals surface area contributed by atoms with E-state index in [1.807, 2.05) is 0 Å². The van der Waals surface area contributed by atoms with Gasteiger partial charge in [-0.05, 0) is 13.0 Å². The second-order valence-electron chi connectivity index (χ2n) is 3.12. The molecule has 0 saturated heterocycles. The number of carboxylic acid groups (broad SMARTS) is 1. The molecule has 92 valence electrons. The molecule has 1 aromatic rings. The predicted molar refractivity (Wildman–Crippen MR) is 53.1 cm³/mol. The van der Waals surface area contributed by atoms with Gasteiger partial charge in [-0.3, -0.25) is 10.1 Å². The molecular weight excluding hydrogens is 257 g/mol. The van der Waals surface area contributed by atoms with Crippen LogP contribution in [-0.4, -0.2) is 24.4 Å². The monoisotopic (exact) mass is 263 g/mol. The van der Waals surface area contributed by atoms with E-state index in [1.165, 1.54) is 0 Å². The van der Waals surface area contributed by atoms with Gasteiger partial charge in [0.05, 0.1) is 10.5 Å². The number of benzene rings is 1. The summed E-state index contributed by atoms with van der Waals surface area (Å²) in [7, 11) is -5.21. The van der Waals surface area contributed by atoms with E-state index in [9.17, 15) is 27.2 Å². The highest BCUT2D eigenvalue weighted by atomic mass is 32.3. The Morgan fingerprint density at radius 2 is 2.00 bits per heavy atom. The maximum atomic E-state index is 12.8. The van der Waals surface area contributed by atoms with Gasteiger partial charge < -0.3 is 5.11 Å². The zero-order valence-electron chi connectivity index (χ0n) is 8.38. The van der Waals surface area contributed by atoms with Crippen LogP contribution in [0.15, 0.2) is 17.0 Å². The Bertz CT molecular complexity index is 609. The normalized spacial score (nSPS) is 11.2. The summed E-state index contributed by atoms with van der Waals surface area (Å²) in [5.41, 5.74) is -1.87. The maximum absolute atomic E-state index is 12.8. The number of halogens is 1. The van der Waals surface area contributed by atoms with Crippen molar-refractivity contribution in [2.75, 3.05) is 0 Å². The third-order valence-corrected chi connectivity index (χ3v) is 2.99. The Morgan fingerprint density at radius 1 is 1.47 bits per heavy atom. The average Bonchev–Trinajstić information content (AvgIpc) is 2.15. The number of nitro groups is 1. The number of carboxylic acids is 1. The molecule has 0 saturated carbocycles. The molecule has 1 N–H and O–H groups in total. The van der Waals surface area contributed by atoms with Crippen LogP contribution in [0, 0.1) is 17.0 Å². The molecule has 0 aliphatic heterocycles. The number of carbonyl (C=O) groups is 1. The minimum absolute atomic E-state index is 0.442. The van der Waals surface area contributed by atoms with Crippen LogP contribution in [0.4, 0.5) is 9.57 Å².